The Kier molecular flexibility index (Phi) is 4.18. The minimum atomic E-state index is 0.327. The number of aromatic nitrogens is 2. The SMILES string of the molecule is CCC1CCCC(Oc2cc(NC)ncn2)C1. The molecule has 0 aliphatic heterocycles. The van der Waals surface area contributed by atoms with Crippen LogP contribution in [-0.2, 0) is 0 Å². The van der Waals surface area contributed by atoms with E-state index in [4.69, 9.17) is 4.74 Å². The van der Waals surface area contributed by atoms with Crippen LogP contribution in [0, 0.1) is 5.92 Å². The standard InChI is InChI=1S/C13H21N3O/c1-3-10-5-4-6-11(7-10)17-13-8-12(14-2)15-9-16-13/h8-11H,3-7H2,1-2H3,(H,14,15,16). The summed E-state index contributed by atoms with van der Waals surface area (Å²) in [5.74, 6) is 2.31. The molecule has 1 aromatic heterocycles. The van der Waals surface area contributed by atoms with Gasteiger partial charge in [-0.05, 0) is 25.2 Å². The Labute approximate surface area is 103 Å². The molecule has 0 aromatic carbocycles. The molecule has 0 radical (unpaired) electrons. The van der Waals surface area contributed by atoms with E-state index in [0.29, 0.717) is 12.0 Å². The Morgan fingerprint density at radius 1 is 1.41 bits per heavy atom. The number of hydrogen-bond acceptors (Lipinski definition) is 4. The molecule has 1 saturated carbocycles. The molecule has 4 nitrogen and oxygen atoms in total. The number of ether oxygens (including phenoxy) is 1. The monoisotopic (exact) mass is 235 g/mol. The van der Waals surface area contributed by atoms with Gasteiger partial charge < -0.3 is 10.1 Å². The van der Waals surface area contributed by atoms with E-state index in [1.165, 1.54) is 19.3 Å². The molecule has 0 spiro atoms. The molecule has 0 amide bonds. The number of nitrogens with zero attached hydrogens (tertiary/aromatic N) is 2. The topological polar surface area (TPSA) is 47.0 Å². The van der Waals surface area contributed by atoms with Crippen molar-refractivity contribution in [1.82, 2.24) is 9.97 Å². The van der Waals surface area contributed by atoms with Crippen LogP contribution < -0.4 is 10.1 Å². The number of nitrogens with one attached hydrogen (secondary N) is 1. The van der Waals surface area contributed by atoms with Crippen molar-refractivity contribution in [2.45, 2.75) is 45.1 Å². The number of anilines is 1. The van der Waals surface area contributed by atoms with E-state index in [9.17, 15) is 0 Å². The van der Waals surface area contributed by atoms with Gasteiger partial charge in [-0.3, -0.25) is 0 Å². The van der Waals surface area contributed by atoms with Crippen molar-refractivity contribution in [1.29, 1.82) is 0 Å². The molecule has 1 aliphatic rings. The van der Waals surface area contributed by atoms with Crippen LogP contribution >= 0.6 is 0 Å². The molecule has 94 valence electrons. The summed E-state index contributed by atoms with van der Waals surface area (Å²) in [4.78, 5) is 8.24. The van der Waals surface area contributed by atoms with E-state index in [2.05, 4.69) is 22.2 Å². The molecule has 1 N–H and O–H groups in total. The van der Waals surface area contributed by atoms with E-state index < -0.39 is 0 Å². The summed E-state index contributed by atoms with van der Waals surface area (Å²) in [5.41, 5.74) is 0. The van der Waals surface area contributed by atoms with Gasteiger partial charge in [0.25, 0.3) is 0 Å². The third-order valence-corrected chi connectivity index (χ3v) is 3.50. The maximum atomic E-state index is 5.94. The highest BCUT2D eigenvalue weighted by Crippen LogP contribution is 2.29. The third kappa shape index (κ3) is 3.32. The molecule has 2 unspecified atom stereocenters. The molecule has 1 fully saturated rings. The summed E-state index contributed by atoms with van der Waals surface area (Å²) < 4.78 is 5.94. The van der Waals surface area contributed by atoms with Gasteiger partial charge in [-0.25, -0.2) is 9.97 Å². The van der Waals surface area contributed by atoms with E-state index in [1.807, 2.05) is 13.1 Å². The molecule has 0 bridgehead atoms. The summed E-state index contributed by atoms with van der Waals surface area (Å²) in [5, 5.41) is 2.99. The zero-order valence-corrected chi connectivity index (χ0v) is 10.6. The van der Waals surface area contributed by atoms with Crippen LogP contribution in [0.5, 0.6) is 5.88 Å². The molecule has 1 aromatic rings. The van der Waals surface area contributed by atoms with E-state index in [-0.39, 0.29) is 0 Å². The smallest absolute Gasteiger partial charge is 0.218 e. The lowest BCUT2D eigenvalue weighted by Crippen LogP contribution is -2.25. The van der Waals surface area contributed by atoms with Crippen LogP contribution in [0.25, 0.3) is 0 Å². The quantitative estimate of drug-likeness (QED) is 0.871. The summed E-state index contributed by atoms with van der Waals surface area (Å²) in [7, 11) is 1.85. The van der Waals surface area contributed by atoms with Gasteiger partial charge in [-0.15, -0.1) is 0 Å². The minimum absolute atomic E-state index is 0.327. The maximum Gasteiger partial charge on any atom is 0.218 e. The van der Waals surface area contributed by atoms with Crippen LogP contribution in [0.3, 0.4) is 0 Å². The lowest BCUT2D eigenvalue weighted by molar-refractivity contribution is 0.117. The van der Waals surface area contributed by atoms with Crippen LogP contribution in [0.15, 0.2) is 12.4 Å². The number of hydrogen-bond donors (Lipinski definition) is 1. The van der Waals surface area contributed by atoms with Crippen molar-refractivity contribution in [3.63, 3.8) is 0 Å². The number of rotatable bonds is 4. The average Bonchev–Trinajstić information content (AvgIpc) is 2.39. The Morgan fingerprint density at radius 2 is 2.29 bits per heavy atom. The first-order valence-electron chi connectivity index (χ1n) is 6.48. The molecular formula is C13H21N3O. The van der Waals surface area contributed by atoms with Gasteiger partial charge in [0.1, 0.15) is 18.2 Å². The summed E-state index contributed by atoms with van der Waals surface area (Å²) in [6, 6.07) is 1.86. The second-order valence-corrected chi connectivity index (χ2v) is 4.67. The molecule has 1 aliphatic carbocycles. The Balaban J connectivity index is 1.95. The largest absolute Gasteiger partial charge is 0.474 e. The lowest BCUT2D eigenvalue weighted by atomic mass is 9.85. The van der Waals surface area contributed by atoms with Crippen molar-refractivity contribution in [2.75, 3.05) is 12.4 Å². The van der Waals surface area contributed by atoms with Gasteiger partial charge in [-0.2, -0.15) is 0 Å². The molecule has 2 rings (SSSR count). The highest BCUT2D eigenvalue weighted by molar-refractivity contribution is 5.36. The van der Waals surface area contributed by atoms with Gasteiger partial charge in [0.15, 0.2) is 0 Å². The van der Waals surface area contributed by atoms with Crippen LogP contribution in [0.2, 0.25) is 0 Å². The molecule has 17 heavy (non-hydrogen) atoms. The van der Waals surface area contributed by atoms with Gasteiger partial charge in [-0.1, -0.05) is 19.8 Å². The Morgan fingerprint density at radius 3 is 3.06 bits per heavy atom. The minimum Gasteiger partial charge on any atom is -0.474 e. The second kappa shape index (κ2) is 5.84. The van der Waals surface area contributed by atoms with Gasteiger partial charge in [0, 0.05) is 13.1 Å². The Hall–Kier alpha value is -1.32. The molecule has 4 heteroatoms. The molecule has 2 atom stereocenters. The van der Waals surface area contributed by atoms with Gasteiger partial charge in [0.2, 0.25) is 5.88 Å². The molecule has 1 heterocycles. The van der Waals surface area contributed by atoms with E-state index in [0.717, 1.165) is 24.6 Å². The van der Waals surface area contributed by atoms with Crippen molar-refractivity contribution in [2.24, 2.45) is 5.92 Å². The van der Waals surface area contributed by atoms with E-state index >= 15 is 0 Å². The van der Waals surface area contributed by atoms with Crippen molar-refractivity contribution >= 4 is 5.82 Å². The van der Waals surface area contributed by atoms with Gasteiger partial charge in [0.05, 0.1) is 0 Å². The van der Waals surface area contributed by atoms with Crippen LogP contribution in [-0.4, -0.2) is 23.1 Å². The summed E-state index contributed by atoms with van der Waals surface area (Å²) in [6.07, 6.45) is 8.06. The first kappa shape index (κ1) is 12.1. The average molecular weight is 235 g/mol. The first-order chi connectivity index (χ1) is 8.31. The maximum absolute atomic E-state index is 5.94. The van der Waals surface area contributed by atoms with Crippen molar-refractivity contribution < 1.29 is 4.74 Å². The second-order valence-electron chi connectivity index (χ2n) is 4.67. The fourth-order valence-corrected chi connectivity index (χ4v) is 2.43. The normalized spacial score (nSPS) is 24.4. The first-order valence-corrected chi connectivity index (χ1v) is 6.48. The zero-order valence-electron chi connectivity index (χ0n) is 10.6. The van der Waals surface area contributed by atoms with Gasteiger partial charge >= 0.3 is 0 Å². The molecular weight excluding hydrogens is 214 g/mol. The Bertz CT molecular complexity index is 356. The summed E-state index contributed by atoms with van der Waals surface area (Å²) >= 11 is 0. The molecule has 0 saturated heterocycles. The van der Waals surface area contributed by atoms with Crippen LogP contribution in [0.1, 0.15) is 39.0 Å². The van der Waals surface area contributed by atoms with E-state index in [1.54, 1.807) is 6.33 Å². The van der Waals surface area contributed by atoms with Crippen molar-refractivity contribution in [3.8, 4) is 5.88 Å². The highest BCUT2D eigenvalue weighted by atomic mass is 16.5. The zero-order chi connectivity index (χ0) is 12.1. The fourth-order valence-electron chi connectivity index (χ4n) is 2.43. The van der Waals surface area contributed by atoms with Crippen molar-refractivity contribution in [3.05, 3.63) is 12.4 Å². The summed E-state index contributed by atoms with van der Waals surface area (Å²) in [6.45, 7) is 2.26. The highest BCUT2D eigenvalue weighted by Gasteiger charge is 2.22. The fraction of sp³-hybridized carbons (Fsp3) is 0.692. The lowest BCUT2D eigenvalue weighted by Gasteiger charge is -2.28. The third-order valence-electron chi connectivity index (χ3n) is 3.50. The predicted molar refractivity (Wildman–Crippen MR) is 68.2 cm³/mol. The predicted octanol–water partition coefficient (Wildman–Crippen LogP) is 2.87. The van der Waals surface area contributed by atoms with Crippen LogP contribution in [0.4, 0.5) is 5.82 Å².